The second kappa shape index (κ2) is 4.11. The summed E-state index contributed by atoms with van der Waals surface area (Å²) in [6.45, 7) is 5.91. The molecule has 1 aliphatic heterocycles. The quantitative estimate of drug-likeness (QED) is 0.756. The van der Waals surface area contributed by atoms with Gasteiger partial charge in [0.05, 0.1) is 12.3 Å². The van der Waals surface area contributed by atoms with E-state index >= 15 is 0 Å². The number of aromatic nitrogens is 2. The molecule has 4 nitrogen and oxygen atoms in total. The van der Waals surface area contributed by atoms with Gasteiger partial charge in [0, 0.05) is 30.5 Å². The Morgan fingerprint density at radius 3 is 3.14 bits per heavy atom. The molecule has 0 spiro atoms. The van der Waals surface area contributed by atoms with Gasteiger partial charge in [-0.15, -0.1) is 0 Å². The maximum Gasteiger partial charge on any atom is 0.0700 e. The molecule has 1 aromatic heterocycles. The molecule has 1 aliphatic rings. The zero-order valence-corrected chi connectivity index (χ0v) is 8.71. The number of aromatic amines is 1. The van der Waals surface area contributed by atoms with Gasteiger partial charge in [-0.2, -0.15) is 5.10 Å². The summed E-state index contributed by atoms with van der Waals surface area (Å²) < 4.78 is 5.48. The Labute approximate surface area is 84.0 Å². The Hall–Kier alpha value is -0.870. The molecule has 2 N–H and O–H groups in total. The molecule has 0 saturated carbocycles. The number of rotatable bonds is 3. The van der Waals surface area contributed by atoms with Crippen molar-refractivity contribution in [3.63, 3.8) is 0 Å². The smallest absolute Gasteiger partial charge is 0.0700 e. The summed E-state index contributed by atoms with van der Waals surface area (Å²) in [4.78, 5) is 0. The zero-order chi connectivity index (χ0) is 9.97. The molecule has 2 heterocycles. The maximum atomic E-state index is 5.48. The summed E-state index contributed by atoms with van der Waals surface area (Å²) in [5.74, 6) is 0. The molecule has 0 bridgehead atoms. The van der Waals surface area contributed by atoms with E-state index in [1.165, 1.54) is 5.56 Å². The first-order valence-corrected chi connectivity index (χ1v) is 5.11. The molecule has 0 aromatic carbocycles. The highest BCUT2D eigenvalue weighted by molar-refractivity contribution is 5.14. The van der Waals surface area contributed by atoms with Crippen LogP contribution in [0.15, 0.2) is 6.20 Å². The highest BCUT2D eigenvalue weighted by atomic mass is 16.5. The van der Waals surface area contributed by atoms with Crippen LogP contribution in [0.1, 0.15) is 24.6 Å². The van der Waals surface area contributed by atoms with E-state index in [9.17, 15) is 0 Å². The first-order valence-electron chi connectivity index (χ1n) is 5.11. The molecule has 14 heavy (non-hydrogen) atoms. The fourth-order valence-electron chi connectivity index (χ4n) is 1.79. The van der Waals surface area contributed by atoms with Gasteiger partial charge in [-0.05, 0) is 20.3 Å². The highest BCUT2D eigenvalue weighted by Gasteiger charge is 2.23. The summed E-state index contributed by atoms with van der Waals surface area (Å²) in [6.07, 6.45) is 3.32. The van der Waals surface area contributed by atoms with Gasteiger partial charge in [0.2, 0.25) is 0 Å². The Morgan fingerprint density at radius 1 is 1.71 bits per heavy atom. The molecule has 4 heteroatoms. The number of nitrogens with one attached hydrogen (secondary N) is 2. The van der Waals surface area contributed by atoms with Crippen LogP contribution in [-0.2, 0) is 11.3 Å². The van der Waals surface area contributed by atoms with E-state index in [1.807, 2.05) is 13.1 Å². The average molecular weight is 195 g/mol. The van der Waals surface area contributed by atoms with E-state index < -0.39 is 0 Å². The van der Waals surface area contributed by atoms with Crippen LogP contribution in [0.2, 0.25) is 0 Å². The first kappa shape index (κ1) is 9.68. The van der Waals surface area contributed by atoms with E-state index in [-0.39, 0.29) is 0 Å². The molecule has 1 saturated heterocycles. The molecule has 78 valence electrons. The van der Waals surface area contributed by atoms with Gasteiger partial charge in [0.1, 0.15) is 0 Å². The standard InChI is InChI=1S/C10H17N3O/c1-7-9(6-12-13-7)5-11-10-3-4-14-8(10)2/h6,8,10-11H,3-5H2,1-2H3,(H,12,13). The van der Waals surface area contributed by atoms with E-state index in [0.29, 0.717) is 12.1 Å². The SMILES string of the molecule is Cc1[nH]ncc1CNC1CCOC1C. The fraction of sp³-hybridized carbons (Fsp3) is 0.700. The number of H-pyrrole nitrogens is 1. The number of aryl methyl sites for hydroxylation is 1. The summed E-state index contributed by atoms with van der Waals surface area (Å²) >= 11 is 0. The number of hydrogen-bond donors (Lipinski definition) is 2. The topological polar surface area (TPSA) is 49.9 Å². The molecule has 2 rings (SSSR count). The lowest BCUT2D eigenvalue weighted by Gasteiger charge is -2.15. The van der Waals surface area contributed by atoms with Crippen molar-refractivity contribution in [1.29, 1.82) is 0 Å². The fourth-order valence-corrected chi connectivity index (χ4v) is 1.79. The Kier molecular flexibility index (Phi) is 2.84. The lowest BCUT2D eigenvalue weighted by molar-refractivity contribution is 0.113. The Bertz CT molecular complexity index is 297. The largest absolute Gasteiger partial charge is 0.377 e. The predicted octanol–water partition coefficient (Wildman–Crippen LogP) is 0.985. The Morgan fingerprint density at radius 2 is 2.57 bits per heavy atom. The van der Waals surface area contributed by atoms with Crippen molar-refractivity contribution >= 4 is 0 Å². The third kappa shape index (κ3) is 1.96. The van der Waals surface area contributed by atoms with Gasteiger partial charge < -0.3 is 10.1 Å². The number of nitrogens with zero attached hydrogens (tertiary/aromatic N) is 1. The van der Waals surface area contributed by atoms with Gasteiger partial charge in [-0.25, -0.2) is 0 Å². The molecule has 1 fully saturated rings. The molecule has 2 unspecified atom stereocenters. The van der Waals surface area contributed by atoms with E-state index in [4.69, 9.17) is 4.74 Å². The molecule has 1 aromatic rings. The minimum Gasteiger partial charge on any atom is -0.377 e. The summed E-state index contributed by atoms with van der Waals surface area (Å²) in [5.41, 5.74) is 2.38. The molecular weight excluding hydrogens is 178 g/mol. The zero-order valence-electron chi connectivity index (χ0n) is 8.71. The van der Waals surface area contributed by atoms with Crippen molar-refractivity contribution in [1.82, 2.24) is 15.5 Å². The van der Waals surface area contributed by atoms with Crippen molar-refractivity contribution in [3.8, 4) is 0 Å². The van der Waals surface area contributed by atoms with Crippen molar-refractivity contribution in [2.24, 2.45) is 0 Å². The summed E-state index contributed by atoms with van der Waals surface area (Å²) in [6, 6.07) is 0.490. The van der Waals surface area contributed by atoms with Crippen molar-refractivity contribution < 1.29 is 4.74 Å². The summed E-state index contributed by atoms with van der Waals surface area (Å²) in [7, 11) is 0. The normalized spacial score (nSPS) is 27.0. The lowest BCUT2D eigenvalue weighted by Crippen LogP contribution is -2.34. The third-order valence-electron chi connectivity index (χ3n) is 2.87. The van der Waals surface area contributed by atoms with Crippen LogP contribution in [0.4, 0.5) is 0 Å². The minimum absolute atomic E-state index is 0.335. The second-order valence-corrected chi connectivity index (χ2v) is 3.87. The minimum atomic E-state index is 0.335. The van der Waals surface area contributed by atoms with Crippen molar-refractivity contribution in [2.45, 2.75) is 39.0 Å². The first-order chi connectivity index (χ1) is 6.77. The van der Waals surface area contributed by atoms with E-state index in [1.54, 1.807) is 0 Å². The average Bonchev–Trinajstić information content (AvgIpc) is 2.72. The van der Waals surface area contributed by atoms with Crippen LogP contribution in [0, 0.1) is 6.92 Å². The van der Waals surface area contributed by atoms with Crippen LogP contribution >= 0.6 is 0 Å². The van der Waals surface area contributed by atoms with Crippen LogP contribution in [0.3, 0.4) is 0 Å². The maximum absolute atomic E-state index is 5.48. The van der Waals surface area contributed by atoms with Gasteiger partial charge in [-0.3, -0.25) is 5.10 Å². The van der Waals surface area contributed by atoms with E-state index in [2.05, 4.69) is 22.4 Å². The highest BCUT2D eigenvalue weighted by Crippen LogP contribution is 2.13. The van der Waals surface area contributed by atoms with Gasteiger partial charge in [-0.1, -0.05) is 0 Å². The van der Waals surface area contributed by atoms with E-state index in [0.717, 1.165) is 25.3 Å². The Balaban J connectivity index is 1.85. The molecule has 0 aliphatic carbocycles. The van der Waals surface area contributed by atoms with Gasteiger partial charge >= 0.3 is 0 Å². The lowest BCUT2D eigenvalue weighted by atomic mass is 10.1. The van der Waals surface area contributed by atoms with Crippen LogP contribution in [0.5, 0.6) is 0 Å². The molecule has 0 radical (unpaired) electrons. The summed E-state index contributed by atoms with van der Waals surface area (Å²) in [5, 5.41) is 10.4. The second-order valence-electron chi connectivity index (χ2n) is 3.87. The number of ether oxygens (including phenoxy) is 1. The monoisotopic (exact) mass is 195 g/mol. The predicted molar refractivity (Wildman–Crippen MR) is 54.0 cm³/mol. The van der Waals surface area contributed by atoms with Crippen LogP contribution < -0.4 is 5.32 Å². The molecule has 0 amide bonds. The molecular formula is C10H17N3O. The van der Waals surface area contributed by atoms with Gasteiger partial charge in [0.15, 0.2) is 0 Å². The molecule has 2 atom stereocenters. The third-order valence-corrected chi connectivity index (χ3v) is 2.87. The van der Waals surface area contributed by atoms with Crippen molar-refractivity contribution in [3.05, 3.63) is 17.5 Å². The van der Waals surface area contributed by atoms with Crippen LogP contribution in [0.25, 0.3) is 0 Å². The number of hydrogen-bond acceptors (Lipinski definition) is 3. The van der Waals surface area contributed by atoms with Gasteiger partial charge in [0.25, 0.3) is 0 Å². The van der Waals surface area contributed by atoms with Crippen molar-refractivity contribution in [2.75, 3.05) is 6.61 Å². The van der Waals surface area contributed by atoms with Crippen LogP contribution in [-0.4, -0.2) is 29.0 Å².